The van der Waals surface area contributed by atoms with Crippen molar-refractivity contribution in [3.8, 4) is 0 Å². The number of rotatable bonds is 4. The van der Waals surface area contributed by atoms with Gasteiger partial charge in [-0.2, -0.15) is 0 Å². The molecule has 1 fully saturated rings. The molecule has 100 valence electrons. The van der Waals surface area contributed by atoms with E-state index in [-0.39, 0.29) is 5.56 Å². The van der Waals surface area contributed by atoms with E-state index < -0.39 is 5.97 Å². The molecule has 2 aromatic rings. The van der Waals surface area contributed by atoms with Crippen molar-refractivity contribution in [3.63, 3.8) is 0 Å². The summed E-state index contributed by atoms with van der Waals surface area (Å²) in [5.74, 6) is -0.161. The molecule has 0 unspecified atom stereocenters. The summed E-state index contributed by atoms with van der Waals surface area (Å²) >= 11 is 0. The molecule has 5 nitrogen and oxygen atoms in total. The van der Waals surface area contributed by atoms with E-state index in [1.807, 2.05) is 0 Å². The summed E-state index contributed by atoms with van der Waals surface area (Å²) in [4.78, 5) is 11.3. The number of aryl methyl sites for hydroxylation is 1. The number of carboxylic acid groups (broad SMARTS) is 1. The minimum absolute atomic E-state index is 0.286. The Morgan fingerprint density at radius 2 is 2.16 bits per heavy atom. The Morgan fingerprint density at radius 3 is 2.89 bits per heavy atom. The van der Waals surface area contributed by atoms with Crippen LogP contribution in [-0.4, -0.2) is 26.1 Å². The molecule has 1 aromatic heterocycles. The molecule has 1 aliphatic carbocycles. The van der Waals surface area contributed by atoms with Gasteiger partial charge < -0.3 is 5.11 Å². The first kappa shape index (κ1) is 12.1. The lowest BCUT2D eigenvalue weighted by atomic mass is 10.0. The molecule has 5 heteroatoms. The summed E-state index contributed by atoms with van der Waals surface area (Å²) in [5, 5.41) is 17.4. The molecule has 19 heavy (non-hydrogen) atoms. The Bertz CT molecular complexity index is 600. The minimum atomic E-state index is -0.921. The van der Waals surface area contributed by atoms with Crippen LogP contribution in [0.1, 0.15) is 42.5 Å². The van der Waals surface area contributed by atoms with Gasteiger partial charge in [0.15, 0.2) is 0 Å². The molecular weight excluding hydrogens is 242 g/mol. The fraction of sp³-hybridized carbons (Fsp3) is 0.500. The van der Waals surface area contributed by atoms with Gasteiger partial charge in [0.1, 0.15) is 11.0 Å². The Kier molecular flexibility index (Phi) is 3.19. The molecule has 3 rings (SSSR count). The summed E-state index contributed by atoms with van der Waals surface area (Å²) in [6.45, 7) is 0.755. The molecule has 0 atom stereocenters. The Balaban J connectivity index is 1.88. The maximum Gasteiger partial charge on any atom is 0.337 e. The second-order valence-electron chi connectivity index (χ2n) is 5.23. The van der Waals surface area contributed by atoms with E-state index in [9.17, 15) is 9.90 Å². The van der Waals surface area contributed by atoms with Crippen LogP contribution in [0.15, 0.2) is 18.2 Å². The van der Waals surface area contributed by atoms with Crippen LogP contribution in [0.25, 0.3) is 11.0 Å². The maximum atomic E-state index is 11.3. The van der Waals surface area contributed by atoms with E-state index in [1.54, 1.807) is 22.9 Å². The molecule has 1 N–H and O–H groups in total. The van der Waals surface area contributed by atoms with Gasteiger partial charge in [0, 0.05) is 6.54 Å². The van der Waals surface area contributed by atoms with Gasteiger partial charge in [0.2, 0.25) is 0 Å². The fourth-order valence-corrected chi connectivity index (χ4v) is 2.96. The van der Waals surface area contributed by atoms with Crippen molar-refractivity contribution in [3.05, 3.63) is 23.8 Å². The Morgan fingerprint density at radius 1 is 1.37 bits per heavy atom. The molecule has 0 aliphatic heterocycles. The van der Waals surface area contributed by atoms with E-state index in [1.165, 1.54) is 25.7 Å². The number of para-hydroxylation sites is 1. The van der Waals surface area contributed by atoms with Gasteiger partial charge in [-0.05, 0) is 24.5 Å². The zero-order valence-corrected chi connectivity index (χ0v) is 10.7. The van der Waals surface area contributed by atoms with E-state index in [2.05, 4.69) is 10.3 Å². The van der Waals surface area contributed by atoms with Crippen molar-refractivity contribution >= 4 is 17.0 Å². The van der Waals surface area contributed by atoms with Gasteiger partial charge in [0.25, 0.3) is 0 Å². The highest BCUT2D eigenvalue weighted by atomic mass is 16.4. The molecule has 0 spiro atoms. The summed E-state index contributed by atoms with van der Waals surface area (Å²) in [6, 6.07) is 5.13. The van der Waals surface area contributed by atoms with Crippen LogP contribution >= 0.6 is 0 Å². The number of carboxylic acids is 1. The van der Waals surface area contributed by atoms with Gasteiger partial charge in [0.05, 0.1) is 5.56 Å². The number of aromatic carboxylic acids is 1. The third-order valence-corrected chi connectivity index (χ3v) is 3.99. The highest BCUT2D eigenvalue weighted by Gasteiger charge is 2.18. The van der Waals surface area contributed by atoms with Crippen LogP contribution in [0.5, 0.6) is 0 Å². The average Bonchev–Trinajstić information content (AvgIpc) is 3.05. The van der Waals surface area contributed by atoms with Crippen LogP contribution in [-0.2, 0) is 6.54 Å². The largest absolute Gasteiger partial charge is 0.478 e. The lowest BCUT2D eigenvalue weighted by molar-refractivity contribution is 0.0698. The average molecular weight is 259 g/mol. The first-order chi connectivity index (χ1) is 9.25. The first-order valence-electron chi connectivity index (χ1n) is 6.81. The van der Waals surface area contributed by atoms with E-state index in [0.29, 0.717) is 11.0 Å². The third kappa shape index (κ3) is 2.32. The summed E-state index contributed by atoms with van der Waals surface area (Å²) < 4.78 is 1.75. The second kappa shape index (κ2) is 4.99. The van der Waals surface area contributed by atoms with Gasteiger partial charge >= 0.3 is 5.97 Å². The molecule has 1 aromatic carbocycles. The number of aromatic nitrogens is 3. The number of carbonyl (C=O) groups is 1. The van der Waals surface area contributed by atoms with E-state index in [4.69, 9.17) is 0 Å². The van der Waals surface area contributed by atoms with Crippen molar-refractivity contribution in [2.75, 3.05) is 0 Å². The molecule has 0 radical (unpaired) electrons. The lowest BCUT2D eigenvalue weighted by Gasteiger charge is -2.09. The van der Waals surface area contributed by atoms with Crippen LogP contribution in [0.2, 0.25) is 0 Å². The SMILES string of the molecule is O=C(O)c1cccc2nnn(CCC3CCCC3)c12. The van der Waals surface area contributed by atoms with Crippen molar-refractivity contribution in [1.82, 2.24) is 15.0 Å². The van der Waals surface area contributed by atoms with E-state index >= 15 is 0 Å². The predicted octanol–water partition coefficient (Wildman–Crippen LogP) is 2.71. The smallest absolute Gasteiger partial charge is 0.337 e. The molecule has 1 heterocycles. The zero-order valence-electron chi connectivity index (χ0n) is 10.7. The van der Waals surface area contributed by atoms with Gasteiger partial charge in [-0.15, -0.1) is 5.10 Å². The predicted molar refractivity (Wildman–Crippen MR) is 71.1 cm³/mol. The molecule has 1 aliphatic rings. The van der Waals surface area contributed by atoms with Crippen molar-refractivity contribution < 1.29 is 9.90 Å². The molecule has 0 saturated heterocycles. The molecular formula is C14H17N3O2. The van der Waals surface area contributed by atoms with Crippen LogP contribution in [0.3, 0.4) is 0 Å². The lowest BCUT2D eigenvalue weighted by Crippen LogP contribution is -2.08. The van der Waals surface area contributed by atoms with Crippen LogP contribution in [0, 0.1) is 5.92 Å². The molecule has 1 saturated carbocycles. The van der Waals surface area contributed by atoms with Crippen LogP contribution < -0.4 is 0 Å². The zero-order chi connectivity index (χ0) is 13.2. The Hall–Kier alpha value is -1.91. The normalized spacial score (nSPS) is 16.2. The Labute approximate surface area is 111 Å². The number of hydrogen-bond acceptors (Lipinski definition) is 3. The standard InChI is InChI=1S/C14H17N3O2/c18-14(19)11-6-3-7-12-13(11)17(16-15-12)9-8-10-4-1-2-5-10/h3,6-7,10H,1-2,4-5,8-9H2,(H,18,19). The van der Waals surface area contributed by atoms with E-state index in [0.717, 1.165) is 18.9 Å². The monoisotopic (exact) mass is 259 g/mol. The second-order valence-corrected chi connectivity index (χ2v) is 5.23. The first-order valence-corrected chi connectivity index (χ1v) is 6.81. The number of fused-ring (bicyclic) bond motifs is 1. The molecule has 0 bridgehead atoms. The summed E-state index contributed by atoms with van der Waals surface area (Å²) in [5.41, 5.74) is 1.59. The van der Waals surface area contributed by atoms with Crippen LogP contribution in [0.4, 0.5) is 0 Å². The number of nitrogens with zero attached hydrogens (tertiary/aromatic N) is 3. The van der Waals surface area contributed by atoms with Gasteiger partial charge in [-0.3, -0.25) is 0 Å². The van der Waals surface area contributed by atoms with Crippen molar-refractivity contribution in [1.29, 1.82) is 0 Å². The van der Waals surface area contributed by atoms with Gasteiger partial charge in [-0.1, -0.05) is 37.0 Å². The summed E-state index contributed by atoms with van der Waals surface area (Å²) in [7, 11) is 0. The summed E-state index contributed by atoms with van der Waals surface area (Å²) in [6.07, 6.45) is 6.29. The highest BCUT2D eigenvalue weighted by molar-refractivity contribution is 6.00. The fourth-order valence-electron chi connectivity index (χ4n) is 2.96. The number of benzene rings is 1. The quantitative estimate of drug-likeness (QED) is 0.916. The van der Waals surface area contributed by atoms with Crippen molar-refractivity contribution in [2.24, 2.45) is 5.92 Å². The minimum Gasteiger partial charge on any atom is -0.478 e. The molecule has 0 amide bonds. The topological polar surface area (TPSA) is 68.0 Å². The maximum absolute atomic E-state index is 11.3. The highest BCUT2D eigenvalue weighted by Crippen LogP contribution is 2.28. The van der Waals surface area contributed by atoms with Gasteiger partial charge in [-0.25, -0.2) is 9.48 Å². The third-order valence-electron chi connectivity index (χ3n) is 3.99. The van der Waals surface area contributed by atoms with Crippen molar-refractivity contribution in [2.45, 2.75) is 38.6 Å². The number of hydrogen-bond donors (Lipinski definition) is 1.